The Morgan fingerprint density at radius 1 is 1.24 bits per heavy atom. The van der Waals surface area contributed by atoms with Crippen molar-refractivity contribution >= 4 is 11.9 Å². The maximum Gasteiger partial charge on any atom is 0.318 e. The predicted molar refractivity (Wildman–Crippen MR) is 61.8 cm³/mol. The number of carbonyl (C=O) groups excluding carboxylic acids is 2. The molecule has 0 aromatic heterocycles. The van der Waals surface area contributed by atoms with Gasteiger partial charge < -0.3 is 4.74 Å². The Morgan fingerprint density at radius 2 is 1.88 bits per heavy atom. The quantitative estimate of drug-likeness (QED) is 0.397. The fraction of sp³-hybridized carbons (Fsp3) is 0.714. The highest BCUT2D eigenvalue weighted by molar-refractivity contribution is 5.97. The molecule has 1 aliphatic heterocycles. The number of esters is 2. The summed E-state index contributed by atoms with van der Waals surface area (Å²) in [6.45, 7) is 6.48. The molecule has 5 atom stereocenters. The predicted octanol–water partition coefficient (Wildman–Crippen LogP) is 2.17. The zero-order valence-electron chi connectivity index (χ0n) is 10.5. The van der Waals surface area contributed by atoms with Crippen molar-refractivity contribution < 1.29 is 14.3 Å². The molecule has 4 rings (SSSR count). The van der Waals surface area contributed by atoms with Crippen LogP contribution in [0.1, 0.15) is 27.2 Å². The lowest BCUT2D eigenvalue weighted by Gasteiger charge is -2.47. The second-order valence-electron chi connectivity index (χ2n) is 6.03. The van der Waals surface area contributed by atoms with Gasteiger partial charge in [-0.3, -0.25) is 9.59 Å². The van der Waals surface area contributed by atoms with Gasteiger partial charge in [-0.05, 0) is 37.0 Å². The molecule has 0 spiro atoms. The zero-order valence-corrected chi connectivity index (χ0v) is 10.5. The summed E-state index contributed by atoms with van der Waals surface area (Å²) in [6, 6.07) is 0. The molecule has 0 radical (unpaired) electrons. The average Bonchev–Trinajstić information content (AvgIpc) is 2.56. The summed E-state index contributed by atoms with van der Waals surface area (Å²) in [5, 5.41) is 0. The summed E-state index contributed by atoms with van der Waals surface area (Å²) in [6.07, 6.45) is 3.26. The molecule has 0 amide bonds. The summed E-state index contributed by atoms with van der Waals surface area (Å²) in [4.78, 5) is 23.6. The lowest BCUT2D eigenvalue weighted by molar-refractivity contribution is -0.154. The van der Waals surface area contributed by atoms with Crippen LogP contribution in [0, 0.1) is 35.5 Å². The van der Waals surface area contributed by atoms with Gasteiger partial charge in [-0.15, -0.1) is 0 Å². The van der Waals surface area contributed by atoms with Crippen LogP contribution >= 0.6 is 0 Å². The van der Waals surface area contributed by atoms with Crippen molar-refractivity contribution in [3.05, 3.63) is 11.6 Å². The van der Waals surface area contributed by atoms with Gasteiger partial charge in [0.25, 0.3) is 0 Å². The Balaban J connectivity index is 2.04. The Morgan fingerprint density at radius 3 is 2.53 bits per heavy atom. The van der Waals surface area contributed by atoms with Crippen molar-refractivity contribution in [2.24, 2.45) is 35.5 Å². The molecule has 0 N–H and O–H groups in total. The molecule has 2 unspecified atom stereocenters. The monoisotopic (exact) mass is 234 g/mol. The van der Waals surface area contributed by atoms with E-state index in [0.29, 0.717) is 11.8 Å². The summed E-state index contributed by atoms with van der Waals surface area (Å²) >= 11 is 0. The van der Waals surface area contributed by atoms with Crippen LogP contribution in [0.5, 0.6) is 0 Å². The Bertz CT molecular complexity index is 421. The molecule has 92 valence electrons. The standard InChI is InChI=1S/C14H18O3/c1-6(2)8-5-9-7(3)4-10(8)12-11(9)13(15)17-14(12)16/h4,6,8-12H,5H2,1-3H3/t8-,9?,10?,11+,12-/m1/s1. The van der Waals surface area contributed by atoms with E-state index in [4.69, 9.17) is 4.74 Å². The van der Waals surface area contributed by atoms with E-state index in [2.05, 4.69) is 26.8 Å². The highest BCUT2D eigenvalue weighted by Gasteiger charge is 2.59. The number of hydrogen-bond donors (Lipinski definition) is 0. The molecule has 17 heavy (non-hydrogen) atoms. The second kappa shape index (κ2) is 3.44. The molecular formula is C14H18O3. The van der Waals surface area contributed by atoms with Gasteiger partial charge in [0, 0.05) is 0 Å². The van der Waals surface area contributed by atoms with Crippen LogP contribution in [0.3, 0.4) is 0 Å². The first-order chi connectivity index (χ1) is 8.00. The van der Waals surface area contributed by atoms with Crippen LogP contribution in [-0.2, 0) is 14.3 Å². The summed E-state index contributed by atoms with van der Waals surface area (Å²) in [7, 11) is 0. The van der Waals surface area contributed by atoms with E-state index in [0.717, 1.165) is 6.42 Å². The van der Waals surface area contributed by atoms with Crippen molar-refractivity contribution in [2.75, 3.05) is 0 Å². The van der Waals surface area contributed by atoms with Crippen LogP contribution in [-0.4, -0.2) is 11.9 Å². The largest absolute Gasteiger partial charge is 0.393 e. The number of allylic oxidation sites excluding steroid dienone is 2. The fourth-order valence-corrected chi connectivity index (χ4v) is 4.04. The zero-order chi connectivity index (χ0) is 12.3. The molecule has 3 aliphatic carbocycles. The second-order valence-corrected chi connectivity index (χ2v) is 6.03. The van der Waals surface area contributed by atoms with Gasteiger partial charge in [0.1, 0.15) is 0 Å². The van der Waals surface area contributed by atoms with Crippen molar-refractivity contribution in [1.29, 1.82) is 0 Å². The van der Waals surface area contributed by atoms with E-state index < -0.39 is 0 Å². The highest BCUT2D eigenvalue weighted by Crippen LogP contribution is 2.55. The number of cyclic esters (lactones) is 2. The van der Waals surface area contributed by atoms with Crippen LogP contribution in [0.2, 0.25) is 0 Å². The molecule has 2 fully saturated rings. The van der Waals surface area contributed by atoms with E-state index in [-0.39, 0.29) is 35.6 Å². The van der Waals surface area contributed by atoms with Gasteiger partial charge in [-0.1, -0.05) is 25.5 Å². The molecule has 4 aliphatic rings. The first-order valence-electron chi connectivity index (χ1n) is 6.44. The average molecular weight is 234 g/mol. The third-order valence-electron chi connectivity index (χ3n) is 4.90. The minimum absolute atomic E-state index is 0.188. The third-order valence-corrected chi connectivity index (χ3v) is 4.90. The van der Waals surface area contributed by atoms with E-state index in [9.17, 15) is 9.59 Å². The first-order valence-corrected chi connectivity index (χ1v) is 6.44. The summed E-state index contributed by atoms with van der Waals surface area (Å²) < 4.78 is 4.85. The van der Waals surface area contributed by atoms with Crippen LogP contribution in [0.15, 0.2) is 11.6 Å². The topological polar surface area (TPSA) is 43.4 Å². The van der Waals surface area contributed by atoms with E-state index in [1.165, 1.54) is 5.57 Å². The Labute approximate surface area is 101 Å². The van der Waals surface area contributed by atoms with Gasteiger partial charge in [0.2, 0.25) is 0 Å². The maximum atomic E-state index is 11.8. The Hall–Kier alpha value is -1.12. The molecule has 3 heteroatoms. The molecule has 0 aromatic rings. The van der Waals surface area contributed by atoms with Gasteiger partial charge in [0.05, 0.1) is 11.8 Å². The highest BCUT2D eigenvalue weighted by atomic mass is 16.6. The van der Waals surface area contributed by atoms with Crippen molar-refractivity contribution in [3.63, 3.8) is 0 Å². The third kappa shape index (κ3) is 1.34. The van der Waals surface area contributed by atoms with Crippen LogP contribution in [0.4, 0.5) is 0 Å². The fourth-order valence-electron chi connectivity index (χ4n) is 4.04. The summed E-state index contributed by atoms with van der Waals surface area (Å²) in [5.74, 6) is 0.554. The maximum absolute atomic E-state index is 11.8. The lowest BCUT2D eigenvalue weighted by Crippen LogP contribution is -2.46. The number of fused-ring (bicyclic) bond motifs is 1. The number of carbonyl (C=O) groups is 2. The SMILES string of the molecule is CC1=CC2[C@@H](C(C)C)CC1[C@@H]1C(=O)OC(=O)[C@H]21. The van der Waals surface area contributed by atoms with Crippen molar-refractivity contribution in [2.45, 2.75) is 27.2 Å². The lowest BCUT2D eigenvalue weighted by atomic mass is 9.54. The molecule has 1 saturated heterocycles. The van der Waals surface area contributed by atoms with Crippen LogP contribution < -0.4 is 0 Å². The van der Waals surface area contributed by atoms with E-state index in [1.807, 2.05) is 0 Å². The smallest absolute Gasteiger partial charge is 0.318 e. The number of ether oxygens (including phenoxy) is 1. The first kappa shape index (κ1) is 11.0. The van der Waals surface area contributed by atoms with Gasteiger partial charge in [-0.2, -0.15) is 0 Å². The van der Waals surface area contributed by atoms with Gasteiger partial charge in [-0.25, -0.2) is 0 Å². The molecule has 1 saturated carbocycles. The minimum atomic E-state index is -0.288. The van der Waals surface area contributed by atoms with Gasteiger partial charge in [0.15, 0.2) is 0 Å². The van der Waals surface area contributed by atoms with E-state index in [1.54, 1.807) is 0 Å². The van der Waals surface area contributed by atoms with Crippen molar-refractivity contribution in [3.8, 4) is 0 Å². The van der Waals surface area contributed by atoms with Gasteiger partial charge >= 0.3 is 11.9 Å². The molecule has 1 heterocycles. The molecular weight excluding hydrogens is 216 g/mol. The summed E-state index contributed by atoms with van der Waals surface area (Å²) in [5.41, 5.74) is 1.28. The Kier molecular flexibility index (Phi) is 2.22. The molecule has 2 bridgehead atoms. The normalized spacial score (nSPS) is 43.8. The molecule has 3 nitrogen and oxygen atoms in total. The minimum Gasteiger partial charge on any atom is -0.393 e. The number of hydrogen-bond acceptors (Lipinski definition) is 3. The number of rotatable bonds is 1. The van der Waals surface area contributed by atoms with E-state index >= 15 is 0 Å². The molecule has 0 aromatic carbocycles. The van der Waals surface area contributed by atoms with Crippen LogP contribution in [0.25, 0.3) is 0 Å². The van der Waals surface area contributed by atoms with Crippen molar-refractivity contribution in [1.82, 2.24) is 0 Å².